The maximum absolute atomic E-state index is 11.4. The van der Waals surface area contributed by atoms with Gasteiger partial charge in [-0.15, -0.1) is 0 Å². The van der Waals surface area contributed by atoms with Crippen LogP contribution >= 0.6 is 0 Å². The van der Waals surface area contributed by atoms with Crippen molar-refractivity contribution in [3.63, 3.8) is 0 Å². The van der Waals surface area contributed by atoms with Gasteiger partial charge in [-0.25, -0.2) is 0 Å². The monoisotopic (exact) mass is 403 g/mol. The summed E-state index contributed by atoms with van der Waals surface area (Å²) in [7, 11) is 4.89. The number of methoxy groups -OCH3 is 2. The largest absolute Gasteiger partial charge is 0.504 e. The number of hydrogen-bond donors (Lipinski definition) is 3. The van der Waals surface area contributed by atoms with Crippen LogP contribution in [0.15, 0.2) is 18.2 Å². The van der Waals surface area contributed by atoms with Gasteiger partial charge in [-0.3, -0.25) is 4.90 Å². The topological polar surface area (TPSA) is 101 Å². The summed E-state index contributed by atoms with van der Waals surface area (Å²) in [5.74, 6) is 1.64. The molecule has 0 fully saturated rings. The third-order valence-corrected chi connectivity index (χ3v) is 5.73. The van der Waals surface area contributed by atoms with Crippen molar-refractivity contribution in [1.82, 2.24) is 4.90 Å². The second-order valence-corrected chi connectivity index (χ2v) is 7.18. The number of hydrogen-bond acceptors (Lipinski definition) is 8. The van der Waals surface area contributed by atoms with Crippen molar-refractivity contribution in [2.24, 2.45) is 0 Å². The van der Waals surface area contributed by atoms with Crippen LogP contribution in [0.5, 0.6) is 28.7 Å². The summed E-state index contributed by atoms with van der Waals surface area (Å²) in [6.45, 7) is 0.415. The molecule has 0 spiro atoms. The molecular formula is C21H25NO7. The van der Waals surface area contributed by atoms with Gasteiger partial charge in [0.05, 0.1) is 33.0 Å². The molecule has 2 atom stereocenters. The molecule has 29 heavy (non-hydrogen) atoms. The van der Waals surface area contributed by atoms with Crippen molar-refractivity contribution in [1.29, 1.82) is 0 Å². The molecule has 0 amide bonds. The summed E-state index contributed by atoms with van der Waals surface area (Å²) in [5.41, 5.74) is 2.46. The van der Waals surface area contributed by atoms with Crippen molar-refractivity contribution in [2.45, 2.75) is 25.2 Å². The smallest absolute Gasteiger partial charge is 0.231 e. The van der Waals surface area contributed by atoms with Gasteiger partial charge in [-0.2, -0.15) is 0 Å². The molecular weight excluding hydrogens is 378 g/mol. The summed E-state index contributed by atoms with van der Waals surface area (Å²) in [4.78, 5) is 1.98. The average Bonchev–Trinajstić information content (AvgIpc) is 3.21. The molecule has 2 heterocycles. The molecule has 156 valence electrons. The maximum Gasteiger partial charge on any atom is 0.231 e. The Hall–Kier alpha value is -2.68. The maximum atomic E-state index is 11.4. The molecule has 0 radical (unpaired) electrons. The summed E-state index contributed by atoms with van der Waals surface area (Å²) in [5, 5.41) is 32.3. The van der Waals surface area contributed by atoms with Crippen LogP contribution in [0.3, 0.4) is 0 Å². The number of benzene rings is 2. The van der Waals surface area contributed by atoms with Crippen molar-refractivity contribution in [3.8, 4) is 28.7 Å². The number of phenolic OH excluding ortho intramolecular Hbond substituents is 1. The molecule has 8 heteroatoms. The number of phenols is 1. The van der Waals surface area contributed by atoms with E-state index in [0.717, 1.165) is 5.56 Å². The van der Waals surface area contributed by atoms with Crippen LogP contribution < -0.4 is 18.9 Å². The van der Waals surface area contributed by atoms with Crippen LogP contribution in [-0.2, 0) is 13.0 Å². The van der Waals surface area contributed by atoms with E-state index in [1.54, 1.807) is 12.1 Å². The standard InChI is InChI=1S/C21H25NO7/c1-22-7-6-11-8-15-21(29-10-28-15)19(25)16(11)17(22)18(24)12-4-5-14(26-2)20(27-3)13(12)9-23/h4-5,8,17-18,23-25H,6-7,9-10H2,1-3H3/t17-,18+/m1/s1. The fourth-order valence-corrected chi connectivity index (χ4v) is 4.30. The van der Waals surface area contributed by atoms with E-state index in [1.807, 2.05) is 18.0 Å². The highest BCUT2D eigenvalue weighted by Gasteiger charge is 2.38. The predicted molar refractivity (Wildman–Crippen MR) is 104 cm³/mol. The van der Waals surface area contributed by atoms with Gasteiger partial charge in [0, 0.05) is 17.7 Å². The SMILES string of the molecule is COc1ccc([C@H](O)[C@H]2c3c(cc4c(c3O)OCO4)CCN2C)c(CO)c1OC. The molecule has 0 unspecified atom stereocenters. The summed E-state index contributed by atoms with van der Waals surface area (Å²) < 4.78 is 21.6. The van der Waals surface area contributed by atoms with Crippen molar-refractivity contribution < 1.29 is 34.3 Å². The van der Waals surface area contributed by atoms with Gasteiger partial charge in [-0.05, 0) is 36.7 Å². The zero-order valence-corrected chi connectivity index (χ0v) is 16.6. The fraction of sp³-hybridized carbons (Fsp3) is 0.429. The Bertz CT molecular complexity index is 930. The number of fused-ring (bicyclic) bond motifs is 2. The number of ether oxygens (including phenoxy) is 4. The van der Waals surface area contributed by atoms with Crippen LogP contribution in [0.2, 0.25) is 0 Å². The van der Waals surface area contributed by atoms with Gasteiger partial charge in [0.1, 0.15) is 0 Å². The lowest BCUT2D eigenvalue weighted by molar-refractivity contribution is 0.0524. The molecule has 2 aliphatic rings. The Morgan fingerprint density at radius 1 is 1.24 bits per heavy atom. The molecule has 0 bridgehead atoms. The highest BCUT2D eigenvalue weighted by atomic mass is 16.7. The minimum atomic E-state index is -1.03. The van der Waals surface area contributed by atoms with E-state index in [9.17, 15) is 15.3 Å². The van der Waals surface area contributed by atoms with Gasteiger partial charge in [0.15, 0.2) is 23.0 Å². The minimum absolute atomic E-state index is 0.0170. The molecule has 0 aliphatic carbocycles. The van der Waals surface area contributed by atoms with E-state index in [0.29, 0.717) is 52.7 Å². The number of aliphatic hydroxyl groups is 2. The number of likely N-dealkylation sites (N-methyl/N-ethyl adjacent to an activating group) is 1. The molecule has 4 rings (SSSR count). The van der Waals surface area contributed by atoms with Gasteiger partial charge in [0.2, 0.25) is 12.5 Å². The Morgan fingerprint density at radius 3 is 2.72 bits per heavy atom. The second-order valence-electron chi connectivity index (χ2n) is 7.18. The van der Waals surface area contributed by atoms with Gasteiger partial charge in [0.25, 0.3) is 0 Å². The molecule has 3 N–H and O–H groups in total. The molecule has 2 aromatic carbocycles. The number of rotatable bonds is 5. The first-order chi connectivity index (χ1) is 14.0. The Kier molecular flexibility index (Phi) is 5.16. The van der Waals surface area contributed by atoms with E-state index in [2.05, 4.69) is 0 Å². The van der Waals surface area contributed by atoms with E-state index in [4.69, 9.17) is 18.9 Å². The first-order valence-electron chi connectivity index (χ1n) is 9.39. The highest BCUT2D eigenvalue weighted by molar-refractivity contribution is 5.62. The van der Waals surface area contributed by atoms with Crippen LogP contribution in [0, 0.1) is 0 Å². The van der Waals surface area contributed by atoms with Crippen molar-refractivity contribution in [2.75, 3.05) is 34.6 Å². The second kappa shape index (κ2) is 7.62. The summed E-state index contributed by atoms with van der Waals surface area (Å²) in [6.07, 6.45) is -0.329. The third kappa shape index (κ3) is 3.04. The molecule has 2 aromatic rings. The average molecular weight is 403 g/mol. The third-order valence-electron chi connectivity index (χ3n) is 5.73. The number of aromatic hydroxyl groups is 1. The molecule has 0 aromatic heterocycles. The Labute approximate surface area is 168 Å². The molecule has 2 aliphatic heterocycles. The fourth-order valence-electron chi connectivity index (χ4n) is 4.30. The Balaban J connectivity index is 1.84. The summed E-state index contributed by atoms with van der Waals surface area (Å²) >= 11 is 0. The lowest BCUT2D eigenvalue weighted by Gasteiger charge is -2.38. The molecule has 8 nitrogen and oxygen atoms in total. The zero-order valence-electron chi connectivity index (χ0n) is 16.6. The highest BCUT2D eigenvalue weighted by Crippen LogP contribution is 2.52. The van der Waals surface area contributed by atoms with Crippen LogP contribution in [-0.4, -0.2) is 54.8 Å². The van der Waals surface area contributed by atoms with Crippen molar-refractivity contribution in [3.05, 3.63) is 40.5 Å². The van der Waals surface area contributed by atoms with Gasteiger partial charge < -0.3 is 34.3 Å². The first kappa shape index (κ1) is 19.6. The minimum Gasteiger partial charge on any atom is -0.504 e. The molecule has 0 saturated heterocycles. The lowest BCUT2D eigenvalue weighted by Crippen LogP contribution is -2.36. The summed E-state index contributed by atoms with van der Waals surface area (Å²) in [6, 6.07) is 4.73. The molecule has 0 saturated carbocycles. The normalized spacial score (nSPS) is 19.0. The first-order valence-corrected chi connectivity index (χ1v) is 9.39. The predicted octanol–water partition coefficient (Wildman–Crippen LogP) is 1.89. The van der Waals surface area contributed by atoms with Gasteiger partial charge in [-0.1, -0.05) is 6.07 Å². The number of nitrogens with zero attached hydrogens (tertiary/aromatic N) is 1. The quantitative estimate of drug-likeness (QED) is 0.696. The van der Waals surface area contributed by atoms with E-state index in [-0.39, 0.29) is 19.1 Å². The lowest BCUT2D eigenvalue weighted by atomic mass is 9.84. The van der Waals surface area contributed by atoms with Crippen molar-refractivity contribution >= 4 is 0 Å². The van der Waals surface area contributed by atoms with Crippen LogP contribution in [0.1, 0.15) is 34.4 Å². The van der Waals surface area contributed by atoms with Gasteiger partial charge >= 0.3 is 0 Å². The Morgan fingerprint density at radius 2 is 2.03 bits per heavy atom. The van der Waals surface area contributed by atoms with Crippen LogP contribution in [0.25, 0.3) is 0 Å². The van der Waals surface area contributed by atoms with Crippen LogP contribution in [0.4, 0.5) is 0 Å². The number of aliphatic hydroxyl groups excluding tert-OH is 2. The van der Waals surface area contributed by atoms with E-state index >= 15 is 0 Å². The van der Waals surface area contributed by atoms with E-state index < -0.39 is 12.1 Å². The van der Waals surface area contributed by atoms with E-state index in [1.165, 1.54) is 14.2 Å². The zero-order chi connectivity index (χ0) is 20.7.